The van der Waals surface area contributed by atoms with Crippen LogP contribution in [0, 0.1) is 0 Å². The van der Waals surface area contributed by atoms with E-state index in [0.717, 1.165) is 11.1 Å². The lowest BCUT2D eigenvalue weighted by atomic mass is 9.87. The van der Waals surface area contributed by atoms with Gasteiger partial charge < -0.3 is 10.2 Å². The Morgan fingerprint density at radius 2 is 1.60 bits per heavy atom. The Bertz CT molecular complexity index is 918. The normalized spacial score (nSPS) is 13.3. The summed E-state index contributed by atoms with van der Waals surface area (Å²) in [5, 5.41) is 2.90. The number of carbonyl (C=O) groups is 1. The predicted molar refractivity (Wildman–Crippen MR) is 121 cm³/mol. The number of hydrogen-bond donors (Lipinski definition) is 2. The first-order valence-electron chi connectivity index (χ1n) is 10.1. The highest BCUT2D eigenvalue weighted by Crippen LogP contribution is 2.23. The molecule has 0 aliphatic heterocycles. The predicted octanol–water partition coefficient (Wildman–Crippen LogP) is 3.07. The maximum atomic E-state index is 12.5. The lowest BCUT2D eigenvalue weighted by molar-refractivity contribution is -0.121. The quantitative estimate of drug-likeness (QED) is 0.640. The Hall–Kier alpha value is -2.22. The molecule has 0 spiro atoms. The molecule has 1 amide bonds. The molecule has 0 aliphatic carbocycles. The molecule has 0 heterocycles. The molecule has 1 atom stereocenters. The summed E-state index contributed by atoms with van der Waals surface area (Å²) in [4.78, 5) is 14.5. The lowest BCUT2D eigenvalue weighted by Crippen LogP contribution is -2.36. The molecule has 7 heteroatoms. The average Bonchev–Trinajstić information content (AvgIpc) is 2.68. The zero-order valence-electron chi connectivity index (χ0n) is 18.5. The van der Waals surface area contributed by atoms with Crippen molar-refractivity contribution in [3.8, 4) is 0 Å². The van der Waals surface area contributed by atoms with Crippen molar-refractivity contribution in [2.24, 2.45) is 0 Å². The largest absolute Gasteiger partial charge is 0.354 e. The molecule has 164 valence electrons. The number of nitrogens with one attached hydrogen (secondary N) is 2. The van der Waals surface area contributed by atoms with Crippen molar-refractivity contribution in [1.82, 2.24) is 14.9 Å². The third-order valence-electron chi connectivity index (χ3n) is 4.98. The number of nitrogens with zero attached hydrogens (tertiary/aromatic N) is 1. The summed E-state index contributed by atoms with van der Waals surface area (Å²) in [5.41, 5.74) is 2.13. The minimum Gasteiger partial charge on any atom is -0.354 e. The van der Waals surface area contributed by atoms with Gasteiger partial charge >= 0.3 is 0 Å². The number of hydrogen-bond acceptors (Lipinski definition) is 4. The van der Waals surface area contributed by atoms with Gasteiger partial charge in [-0.05, 0) is 42.8 Å². The SMILES string of the molecule is CN(C)C(CNC(=O)CCNS(=O)(=O)c1ccc(C(C)(C)C)cc1)c1ccccc1. The van der Waals surface area contributed by atoms with Gasteiger partial charge in [0.05, 0.1) is 10.9 Å². The van der Waals surface area contributed by atoms with Crippen LogP contribution in [0.2, 0.25) is 0 Å². The number of benzene rings is 2. The van der Waals surface area contributed by atoms with E-state index in [-0.39, 0.29) is 35.2 Å². The van der Waals surface area contributed by atoms with E-state index in [0.29, 0.717) is 6.54 Å². The molecule has 2 aromatic carbocycles. The van der Waals surface area contributed by atoms with Crippen LogP contribution in [0.4, 0.5) is 0 Å². The molecule has 0 aliphatic rings. The second kappa shape index (κ2) is 10.2. The fourth-order valence-corrected chi connectivity index (χ4v) is 4.12. The third-order valence-corrected chi connectivity index (χ3v) is 6.45. The van der Waals surface area contributed by atoms with Gasteiger partial charge in [0.25, 0.3) is 0 Å². The van der Waals surface area contributed by atoms with E-state index in [1.807, 2.05) is 61.5 Å². The van der Waals surface area contributed by atoms with E-state index in [1.165, 1.54) is 0 Å². The molecule has 0 bridgehead atoms. The molecule has 0 saturated carbocycles. The smallest absolute Gasteiger partial charge is 0.240 e. The van der Waals surface area contributed by atoms with Crippen molar-refractivity contribution in [2.45, 2.75) is 43.5 Å². The van der Waals surface area contributed by atoms with Gasteiger partial charge in [-0.15, -0.1) is 0 Å². The zero-order valence-corrected chi connectivity index (χ0v) is 19.3. The zero-order chi connectivity index (χ0) is 22.4. The highest BCUT2D eigenvalue weighted by Gasteiger charge is 2.18. The van der Waals surface area contributed by atoms with E-state index in [1.54, 1.807) is 12.1 Å². The Morgan fingerprint density at radius 3 is 2.13 bits per heavy atom. The van der Waals surface area contributed by atoms with Crippen molar-refractivity contribution >= 4 is 15.9 Å². The average molecular weight is 432 g/mol. The van der Waals surface area contributed by atoms with Crippen LogP contribution in [-0.2, 0) is 20.2 Å². The first kappa shape index (κ1) is 24.1. The van der Waals surface area contributed by atoms with Gasteiger partial charge in [0, 0.05) is 19.5 Å². The Balaban J connectivity index is 1.86. The van der Waals surface area contributed by atoms with Gasteiger partial charge in [0.1, 0.15) is 0 Å². The van der Waals surface area contributed by atoms with Crippen LogP contribution in [0.25, 0.3) is 0 Å². The van der Waals surface area contributed by atoms with Crippen molar-refractivity contribution in [1.29, 1.82) is 0 Å². The molecule has 0 aromatic heterocycles. The lowest BCUT2D eigenvalue weighted by Gasteiger charge is -2.25. The molecule has 6 nitrogen and oxygen atoms in total. The van der Waals surface area contributed by atoms with E-state index in [4.69, 9.17) is 0 Å². The minimum absolute atomic E-state index is 0.0437. The molecule has 0 saturated heterocycles. The molecule has 30 heavy (non-hydrogen) atoms. The van der Waals surface area contributed by atoms with Gasteiger partial charge in [0.15, 0.2) is 0 Å². The molecule has 2 N–H and O–H groups in total. The van der Waals surface area contributed by atoms with Crippen molar-refractivity contribution in [3.05, 3.63) is 65.7 Å². The summed E-state index contributed by atoms with van der Waals surface area (Å²) in [7, 11) is 0.278. The summed E-state index contributed by atoms with van der Waals surface area (Å²) in [6.45, 7) is 6.73. The Kier molecular flexibility index (Phi) is 8.18. The summed E-state index contributed by atoms with van der Waals surface area (Å²) in [6.07, 6.45) is 0.0776. The maximum Gasteiger partial charge on any atom is 0.240 e. The van der Waals surface area contributed by atoms with Crippen LogP contribution in [0.3, 0.4) is 0 Å². The van der Waals surface area contributed by atoms with Crippen LogP contribution in [0.5, 0.6) is 0 Å². The number of amides is 1. The Labute approximate surface area is 180 Å². The minimum atomic E-state index is -3.64. The summed E-state index contributed by atoms with van der Waals surface area (Å²) >= 11 is 0. The number of likely N-dealkylation sites (N-methyl/N-ethyl adjacent to an activating group) is 1. The molecule has 2 aromatic rings. The maximum absolute atomic E-state index is 12.5. The van der Waals surface area contributed by atoms with E-state index < -0.39 is 10.0 Å². The third kappa shape index (κ3) is 6.93. The van der Waals surface area contributed by atoms with E-state index >= 15 is 0 Å². The van der Waals surface area contributed by atoms with Crippen LogP contribution < -0.4 is 10.0 Å². The fraction of sp³-hybridized carbons (Fsp3) is 0.435. The fourth-order valence-electron chi connectivity index (χ4n) is 3.09. The summed E-state index contributed by atoms with van der Waals surface area (Å²) in [6, 6.07) is 16.8. The second-order valence-electron chi connectivity index (χ2n) is 8.62. The molecule has 2 rings (SSSR count). The standard InChI is InChI=1S/C23H33N3O3S/c1-23(2,3)19-11-13-20(14-12-19)30(28,29)25-16-15-22(27)24-17-21(26(4)5)18-9-7-6-8-10-18/h6-14,21,25H,15-17H2,1-5H3,(H,24,27). The van der Waals surface area contributed by atoms with Gasteiger partial charge in [0.2, 0.25) is 15.9 Å². The number of carbonyl (C=O) groups excluding carboxylic acids is 1. The van der Waals surface area contributed by atoms with Crippen LogP contribution >= 0.6 is 0 Å². The van der Waals surface area contributed by atoms with Crippen LogP contribution in [-0.4, -0.2) is 46.4 Å². The number of rotatable bonds is 9. The monoisotopic (exact) mass is 431 g/mol. The molecule has 0 radical (unpaired) electrons. The van der Waals surface area contributed by atoms with E-state index in [2.05, 4.69) is 30.8 Å². The molecule has 1 unspecified atom stereocenters. The topological polar surface area (TPSA) is 78.5 Å². The van der Waals surface area contributed by atoms with E-state index in [9.17, 15) is 13.2 Å². The first-order valence-corrected chi connectivity index (χ1v) is 11.6. The Morgan fingerprint density at radius 1 is 1.00 bits per heavy atom. The van der Waals surface area contributed by atoms with Crippen LogP contribution in [0.15, 0.2) is 59.5 Å². The highest BCUT2D eigenvalue weighted by molar-refractivity contribution is 7.89. The summed E-state index contributed by atoms with van der Waals surface area (Å²) in [5.74, 6) is -0.191. The van der Waals surface area contributed by atoms with Crippen molar-refractivity contribution in [3.63, 3.8) is 0 Å². The molecule has 0 fully saturated rings. The highest BCUT2D eigenvalue weighted by atomic mass is 32.2. The van der Waals surface area contributed by atoms with Crippen LogP contribution in [0.1, 0.15) is 44.4 Å². The van der Waals surface area contributed by atoms with Gasteiger partial charge in [-0.2, -0.15) is 0 Å². The number of sulfonamides is 1. The van der Waals surface area contributed by atoms with Crippen molar-refractivity contribution < 1.29 is 13.2 Å². The molecular formula is C23H33N3O3S. The van der Waals surface area contributed by atoms with Gasteiger partial charge in [-0.25, -0.2) is 13.1 Å². The van der Waals surface area contributed by atoms with Crippen molar-refractivity contribution in [2.75, 3.05) is 27.2 Å². The first-order chi connectivity index (χ1) is 14.0. The molecular weight excluding hydrogens is 398 g/mol. The second-order valence-corrected chi connectivity index (χ2v) is 10.4. The van der Waals surface area contributed by atoms with Gasteiger partial charge in [-0.1, -0.05) is 63.2 Å². The summed E-state index contributed by atoms with van der Waals surface area (Å²) < 4.78 is 27.4. The van der Waals surface area contributed by atoms with Gasteiger partial charge in [-0.3, -0.25) is 4.79 Å².